The van der Waals surface area contributed by atoms with Crippen molar-refractivity contribution < 1.29 is 21.6 Å². The molecule has 0 radical (unpaired) electrons. The molecule has 0 N–H and O–H groups in total. The van der Waals surface area contributed by atoms with Crippen molar-refractivity contribution in [2.45, 2.75) is 4.90 Å². The van der Waals surface area contributed by atoms with E-state index in [0.717, 1.165) is 0 Å². The van der Waals surface area contributed by atoms with Gasteiger partial charge in [-0.05, 0) is 24.3 Å². The molecule has 1 aromatic carbocycles. The van der Waals surface area contributed by atoms with Crippen molar-refractivity contribution in [3.8, 4) is 0 Å². The van der Waals surface area contributed by atoms with Crippen LogP contribution in [0, 0.1) is 0 Å². The number of rotatable bonds is 6. The lowest BCUT2D eigenvalue weighted by molar-refractivity contribution is 0.213. The van der Waals surface area contributed by atoms with Crippen LogP contribution in [-0.2, 0) is 24.8 Å². The van der Waals surface area contributed by atoms with Gasteiger partial charge in [0.2, 0.25) is 20.0 Å². The Morgan fingerprint density at radius 1 is 1.00 bits per heavy atom. The molecule has 0 saturated carbocycles. The van der Waals surface area contributed by atoms with Gasteiger partial charge in [-0.15, -0.1) is 0 Å². The zero-order valence-corrected chi connectivity index (χ0v) is 15.1. The van der Waals surface area contributed by atoms with Crippen LogP contribution in [0.3, 0.4) is 0 Å². The topological polar surface area (TPSA) is 84.0 Å². The van der Waals surface area contributed by atoms with Gasteiger partial charge in [-0.25, -0.2) is 16.8 Å². The van der Waals surface area contributed by atoms with Gasteiger partial charge in [0.15, 0.2) is 0 Å². The summed E-state index contributed by atoms with van der Waals surface area (Å²) < 4.78 is 56.6. The Morgan fingerprint density at radius 3 is 2.04 bits per heavy atom. The van der Waals surface area contributed by atoms with Crippen molar-refractivity contribution in [3.63, 3.8) is 0 Å². The minimum Gasteiger partial charge on any atom is -0.384 e. The molecule has 0 bridgehead atoms. The Morgan fingerprint density at radius 2 is 1.52 bits per heavy atom. The molecule has 0 aliphatic carbocycles. The predicted octanol–water partition coefficient (Wildman–Crippen LogP) is 0.623. The van der Waals surface area contributed by atoms with Crippen LogP contribution >= 0.6 is 11.6 Å². The number of hydrogen-bond acceptors (Lipinski definition) is 5. The molecule has 0 spiro atoms. The van der Waals surface area contributed by atoms with Gasteiger partial charge in [0.1, 0.15) is 0 Å². The Kier molecular flexibility index (Phi) is 6.04. The van der Waals surface area contributed by atoms with Gasteiger partial charge in [-0.3, -0.25) is 0 Å². The summed E-state index contributed by atoms with van der Waals surface area (Å²) in [6.07, 6.45) is 0. The first-order valence-electron chi connectivity index (χ1n) is 7.00. The highest BCUT2D eigenvalue weighted by atomic mass is 35.5. The van der Waals surface area contributed by atoms with E-state index in [1.807, 2.05) is 0 Å². The largest absolute Gasteiger partial charge is 0.384 e. The lowest BCUT2D eigenvalue weighted by Crippen LogP contribution is -2.51. The van der Waals surface area contributed by atoms with Crippen LogP contribution in [0.1, 0.15) is 0 Å². The van der Waals surface area contributed by atoms with E-state index in [0.29, 0.717) is 5.02 Å². The summed E-state index contributed by atoms with van der Waals surface area (Å²) in [6, 6.07) is 5.92. The van der Waals surface area contributed by atoms with Crippen molar-refractivity contribution in [2.75, 3.05) is 45.6 Å². The Hall–Kier alpha value is -0.710. The molecular weight excluding hydrogens is 364 g/mol. The van der Waals surface area contributed by atoms with Crippen LogP contribution < -0.4 is 0 Å². The Labute approximate surface area is 141 Å². The average Bonchev–Trinajstić information content (AvgIpc) is 2.53. The molecule has 1 aromatic rings. The second-order valence-corrected chi connectivity index (χ2v) is 9.53. The second-order valence-electron chi connectivity index (χ2n) is 5.07. The van der Waals surface area contributed by atoms with Gasteiger partial charge in [0.05, 0.1) is 17.3 Å². The molecule has 0 aromatic heterocycles. The minimum atomic E-state index is -3.64. The first-order valence-corrected chi connectivity index (χ1v) is 10.4. The van der Waals surface area contributed by atoms with E-state index in [9.17, 15) is 16.8 Å². The van der Waals surface area contributed by atoms with Crippen LogP contribution in [0.25, 0.3) is 0 Å². The molecule has 1 aliphatic rings. The molecule has 7 nitrogen and oxygen atoms in total. The molecule has 1 heterocycles. The number of methoxy groups -OCH3 is 1. The highest BCUT2D eigenvalue weighted by molar-refractivity contribution is 7.89. The van der Waals surface area contributed by atoms with Gasteiger partial charge in [0, 0.05) is 38.3 Å². The quantitative estimate of drug-likeness (QED) is 0.720. The molecule has 0 amide bonds. The van der Waals surface area contributed by atoms with E-state index in [-0.39, 0.29) is 43.4 Å². The van der Waals surface area contributed by atoms with E-state index in [1.165, 1.54) is 40.0 Å². The van der Waals surface area contributed by atoms with Gasteiger partial charge < -0.3 is 4.74 Å². The first-order chi connectivity index (χ1) is 10.8. The molecule has 1 fully saturated rings. The molecule has 1 aliphatic heterocycles. The van der Waals surface area contributed by atoms with Crippen molar-refractivity contribution in [3.05, 3.63) is 29.3 Å². The highest BCUT2D eigenvalue weighted by Gasteiger charge is 2.32. The van der Waals surface area contributed by atoms with Crippen LogP contribution in [0.5, 0.6) is 0 Å². The van der Waals surface area contributed by atoms with Crippen LogP contribution in [0.15, 0.2) is 29.2 Å². The Bertz CT molecular complexity index is 726. The van der Waals surface area contributed by atoms with Crippen LogP contribution in [-0.4, -0.2) is 71.1 Å². The van der Waals surface area contributed by atoms with Crippen molar-refractivity contribution in [2.24, 2.45) is 0 Å². The van der Waals surface area contributed by atoms with Gasteiger partial charge in [-0.1, -0.05) is 11.6 Å². The smallest absolute Gasteiger partial charge is 0.243 e. The van der Waals surface area contributed by atoms with E-state index >= 15 is 0 Å². The van der Waals surface area contributed by atoms with Crippen molar-refractivity contribution in [1.29, 1.82) is 0 Å². The minimum absolute atomic E-state index is 0.104. The normalized spacial score (nSPS) is 18.2. The maximum Gasteiger partial charge on any atom is 0.243 e. The standard InChI is InChI=1S/C13H19ClN2O5S2/c1-21-10-11-22(17,18)15-6-8-16(9-7-15)23(19,20)13-4-2-12(14)3-5-13/h2-5H,6-11H2,1H3. The van der Waals surface area contributed by atoms with Crippen molar-refractivity contribution in [1.82, 2.24) is 8.61 Å². The number of benzene rings is 1. The summed E-state index contributed by atoms with van der Waals surface area (Å²) in [5.74, 6) is -0.104. The molecule has 1 saturated heterocycles. The fourth-order valence-corrected chi connectivity index (χ4v) is 5.16. The molecule has 0 atom stereocenters. The molecular formula is C13H19ClN2O5S2. The predicted molar refractivity (Wildman–Crippen MR) is 87.4 cm³/mol. The lowest BCUT2D eigenvalue weighted by Gasteiger charge is -2.33. The van der Waals surface area contributed by atoms with E-state index in [4.69, 9.17) is 16.3 Å². The zero-order chi connectivity index (χ0) is 17.1. The van der Waals surface area contributed by atoms with Crippen molar-refractivity contribution >= 4 is 31.6 Å². The number of ether oxygens (including phenoxy) is 1. The summed E-state index contributed by atoms with van der Waals surface area (Å²) in [7, 11) is -5.61. The van der Waals surface area contributed by atoms with Crippen LogP contribution in [0.4, 0.5) is 0 Å². The summed E-state index contributed by atoms with van der Waals surface area (Å²) in [5.41, 5.74) is 0. The molecule has 10 heteroatoms. The zero-order valence-electron chi connectivity index (χ0n) is 12.7. The summed E-state index contributed by atoms with van der Waals surface area (Å²) in [4.78, 5) is 0.151. The fraction of sp³-hybridized carbons (Fsp3) is 0.538. The van der Waals surface area contributed by atoms with E-state index in [2.05, 4.69) is 0 Å². The number of halogens is 1. The Balaban J connectivity index is 2.05. The van der Waals surface area contributed by atoms with Gasteiger partial charge >= 0.3 is 0 Å². The first kappa shape index (κ1) is 18.6. The number of sulfonamides is 2. The summed E-state index contributed by atoms with van der Waals surface area (Å²) >= 11 is 5.77. The third kappa shape index (κ3) is 4.43. The number of piperazine rings is 1. The van der Waals surface area contributed by atoms with E-state index < -0.39 is 20.0 Å². The third-order valence-electron chi connectivity index (χ3n) is 3.59. The highest BCUT2D eigenvalue weighted by Crippen LogP contribution is 2.20. The monoisotopic (exact) mass is 382 g/mol. The third-order valence-corrected chi connectivity index (χ3v) is 7.59. The number of hydrogen-bond donors (Lipinski definition) is 0. The molecule has 2 rings (SSSR count). The lowest BCUT2D eigenvalue weighted by atomic mass is 10.4. The number of nitrogens with zero attached hydrogens (tertiary/aromatic N) is 2. The fourth-order valence-electron chi connectivity index (χ4n) is 2.26. The maximum atomic E-state index is 12.5. The molecule has 23 heavy (non-hydrogen) atoms. The van der Waals surface area contributed by atoms with Crippen LogP contribution in [0.2, 0.25) is 5.02 Å². The average molecular weight is 383 g/mol. The molecule has 130 valence electrons. The summed E-state index contributed by atoms with van der Waals surface area (Å²) in [5, 5.41) is 0.456. The van der Waals surface area contributed by atoms with E-state index in [1.54, 1.807) is 0 Å². The van der Waals surface area contributed by atoms with Gasteiger partial charge in [-0.2, -0.15) is 8.61 Å². The summed E-state index contributed by atoms with van der Waals surface area (Å²) in [6.45, 7) is 0.637. The maximum absolute atomic E-state index is 12.5. The van der Waals surface area contributed by atoms with Gasteiger partial charge in [0.25, 0.3) is 0 Å². The SMILES string of the molecule is COCCS(=O)(=O)N1CCN(S(=O)(=O)c2ccc(Cl)cc2)CC1. The second kappa shape index (κ2) is 7.45. The molecule has 0 unspecified atom stereocenters.